The highest BCUT2D eigenvalue weighted by molar-refractivity contribution is 14.1. The molecule has 96 valence electrons. The zero-order chi connectivity index (χ0) is 13.3. The molecule has 0 spiro atoms. The van der Waals surface area contributed by atoms with Crippen LogP contribution in [0.3, 0.4) is 0 Å². The molecule has 0 aliphatic rings. The first-order valence-electron chi connectivity index (χ1n) is 5.67. The number of anilines is 1. The maximum atomic E-state index is 4.42. The number of hydrogen-bond acceptors (Lipinski definition) is 2. The Kier molecular flexibility index (Phi) is 4.32. The van der Waals surface area contributed by atoms with Crippen molar-refractivity contribution in [1.82, 2.24) is 9.78 Å². The predicted molar refractivity (Wildman–Crippen MR) is 86.9 cm³/mol. The normalized spacial score (nSPS) is 10.7. The van der Waals surface area contributed by atoms with E-state index in [0.717, 1.165) is 22.4 Å². The van der Waals surface area contributed by atoms with Gasteiger partial charge in [0.2, 0.25) is 0 Å². The van der Waals surface area contributed by atoms with Gasteiger partial charge in [-0.1, -0.05) is 0 Å². The molecule has 0 aliphatic carbocycles. The SMILES string of the molecule is Cc1nn(C)c(C)c1CNc1ccc(I)c(Br)c1. The van der Waals surface area contributed by atoms with E-state index in [1.54, 1.807) is 0 Å². The first kappa shape index (κ1) is 13.9. The van der Waals surface area contributed by atoms with Crippen LogP contribution in [0, 0.1) is 17.4 Å². The minimum Gasteiger partial charge on any atom is -0.381 e. The molecule has 0 fully saturated rings. The van der Waals surface area contributed by atoms with Crippen molar-refractivity contribution in [3.05, 3.63) is 43.2 Å². The molecule has 0 bridgehead atoms. The molecule has 2 rings (SSSR count). The third kappa shape index (κ3) is 2.88. The molecule has 0 aliphatic heterocycles. The lowest BCUT2D eigenvalue weighted by Gasteiger charge is -2.08. The Morgan fingerprint density at radius 1 is 1.39 bits per heavy atom. The van der Waals surface area contributed by atoms with Crippen LogP contribution < -0.4 is 5.32 Å². The van der Waals surface area contributed by atoms with Crippen LogP contribution in [0.1, 0.15) is 17.0 Å². The van der Waals surface area contributed by atoms with Crippen molar-refractivity contribution >= 4 is 44.2 Å². The van der Waals surface area contributed by atoms with Gasteiger partial charge in [-0.2, -0.15) is 5.10 Å². The molecule has 0 saturated heterocycles. The highest BCUT2D eigenvalue weighted by Crippen LogP contribution is 2.23. The molecule has 18 heavy (non-hydrogen) atoms. The summed E-state index contributed by atoms with van der Waals surface area (Å²) < 4.78 is 4.26. The van der Waals surface area contributed by atoms with Gasteiger partial charge in [-0.05, 0) is 70.6 Å². The summed E-state index contributed by atoms with van der Waals surface area (Å²) in [5, 5.41) is 7.86. The molecular formula is C13H15BrIN3. The minimum atomic E-state index is 0.804. The van der Waals surface area contributed by atoms with Crippen LogP contribution >= 0.6 is 38.5 Å². The second kappa shape index (κ2) is 5.61. The number of aromatic nitrogens is 2. The molecule has 0 unspecified atom stereocenters. The maximum Gasteiger partial charge on any atom is 0.0646 e. The quantitative estimate of drug-likeness (QED) is 0.761. The molecule has 0 atom stereocenters. The molecule has 1 heterocycles. The number of aryl methyl sites for hydroxylation is 2. The Hall–Kier alpha value is -0.560. The van der Waals surface area contributed by atoms with Crippen LogP contribution in [0.15, 0.2) is 22.7 Å². The van der Waals surface area contributed by atoms with E-state index in [1.165, 1.54) is 14.8 Å². The number of hydrogen-bond donors (Lipinski definition) is 1. The van der Waals surface area contributed by atoms with Crippen molar-refractivity contribution in [3.63, 3.8) is 0 Å². The average Bonchev–Trinajstić information content (AvgIpc) is 2.56. The van der Waals surface area contributed by atoms with E-state index in [2.05, 4.69) is 74.1 Å². The highest BCUT2D eigenvalue weighted by atomic mass is 127. The first-order chi connectivity index (χ1) is 8.49. The van der Waals surface area contributed by atoms with Crippen molar-refractivity contribution < 1.29 is 0 Å². The lowest BCUT2D eigenvalue weighted by molar-refractivity contribution is 0.730. The number of rotatable bonds is 3. The van der Waals surface area contributed by atoms with Crippen molar-refractivity contribution in [3.8, 4) is 0 Å². The predicted octanol–water partition coefficient (Wildman–Crippen LogP) is 4.02. The average molecular weight is 420 g/mol. The smallest absolute Gasteiger partial charge is 0.0646 e. The van der Waals surface area contributed by atoms with Gasteiger partial charge in [0, 0.05) is 38.6 Å². The van der Waals surface area contributed by atoms with E-state index < -0.39 is 0 Å². The van der Waals surface area contributed by atoms with Crippen molar-refractivity contribution in [1.29, 1.82) is 0 Å². The lowest BCUT2D eigenvalue weighted by Crippen LogP contribution is -2.02. The van der Waals surface area contributed by atoms with Crippen LogP contribution in [0.25, 0.3) is 0 Å². The van der Waals surface area contributed by atoms with Crippen molar-refractivity contribution in [2.45, 2.75) is 20.4 Å². The largest absolute Gasteiger partial charge is 0.381 e. The van der Waals surface area contributed by atoms with Gasteiger partial charge in [0.25, 0.3) is 0 Å². The molecule has 1 aromatic carbocycles. The Bertz CT molecular complexity index is 578. The molecule has 0 saturated carbocycles. The van der Waals surface area contributed by atoms with E-state index in [4.69, 9.17) is 0 Å². The third-order valence-electron chi connectivity index (χ3n) is 3.05. The fourth-order valence-corrected chi connectivity index (χ4v) is 2.58. The fourth-order valence-electron chi connectivity index (χ4n) is 1.87. The van der Waals surface area contributed by atoms with Crippen molar-refractivity contribution in [2.75, 3.05) is 5.32 Å². The van der Waals surface area contributed by atoms with E-state index in [1.807, 2.05) is 18.7 Å². The highest BCUT2D eigenvalue weighted by Gasteiger charge is 2.08. The summed E-state index contributed by atoms with van der Waals surface area (Å²) in [6.07, 6.45) is 0. The van der Waals surface area contributed by atoms with Crippen LogP contribution in [-0.2, 0) is 13.6 Å². The molecule has 0 amide bonds. The summed E-state index contributed by atoms with van der Waals surface area (Å²) in [7, 11) is 1.98. The molecule has 3 nitrogen and oxygen atoms in total. The number of halogens is 2. The van der Waals surface area contributed by atoms with Crippen molar-refractivity contribution in [2.24, 2.45) is 7.05 Å². The summed E-state index contributed by atoms with van der Waals surface area (Å²) in [5.41, 5.74) is 4.69. The van der Waals surface area contributed by atoms with E-state index >= 15 is 0 Å². The second-order valence-electron chi connectivity index (χ2n) is 4.26. The summed E-state index contributed by atoms with van der Waals surface area (Å²) >= 11 is 5.85. The lowest BCUT2D eigenvalue weighted by atomic mass is 10.2. The van der Waals surface area contributed by atoms with E-state index in [-0.39, 0.29) is 0 Å². The second-order valence-corrected chi connectivity index (χ2v) is 6.27. The summed E-state index contributed by atoms with van der Waals surface area (Å²) in [5.74, 6) is 0. The van der Waals surface area contributed by atoms with Crippen LogP contribution in [0.5, 0.6) is 0 Å². The molecule has 2 aromatic rings. The standard InChI is InChI=1S/C13H15BrIN3/c1-8-11(9(2)18(3)17-8)7-16-10-4-5-13(15)12(14)6-10/h4-6,16H,7H2,1-3H3. The van der Waals surface area contributed by atoms with Gasteiger partial charge in [0.15, 0.2) is 0 Å². The Morgan fingerprint density at radius 3 is 2.67 bits per heavy atom. The third-order valence-corrected chi connectivity index (χ3v) is 5.39. The van der Waals surface area contributed by atoms with Gasteiger partial charge < -0.3 is 5.32 Å². The molecule has 1 N–H and O–H groups in total. The van der Waals surface area contributed by atoms with E-state index in [9.17, 15) is 0 Å². The number of nitrogens with one attached hydrogen (secondary N) is 1. The van der Waals surface area contributed by atoms with E-state index in [0.29, 0.717) is 0 Å². The van der Waals surface area contributed by atoms with Gasteiger partial charge in [-0.3, -0.25) is 4.68 Å². The maximum absolute atomic E-state index is 4.42. The zero-order valence-electron chi connectivity index (χ0n) is 10.6. The Balaban J connectivity index is 2.14. The first-order valence-corrected chi connectivity index (χ1v) is 7.54. The molecule has 0 radical (unpaired) electrons. The summed E-state index contributed by atoms with van der Waals surface area (Å²) in [6.45, 7) is 4.95. The van der Waals surface area contributed by atoms with Gasteiger partial charge in [-0.15, -0.1) is 0 Å². The number of benzene rings is 1. The van der Waals surface area contributed by atoms with Gasteiger partial charge in [-0.25, -0.2) is 0 Å². The fraction of sp³-hybridized carbons (Fsp3) is 0.308. The Labute approximate surface area is 129 Å². The van der Waals surface area contributed by atoms with Gasteiger partial charge in [0.05, 0.1) is 5.69 Å². The molecular weight excluding hydrogens is 405 g/mol. The van der Waals surface area contributed by atoms with Crippen LogP contribution in [0.4, 0.5) is 5.69 Å². The number of nitrogens with zero attached hydrogens (tertiary/aromatic N) is 2. The Morgan fingerprint density at radius 2 is 2.11 bits per heavy atom. The topological polar surface area (TPSA) is 29.9 Å². The van der Waals surface area contributed by atoms with Gasteiger partial charge in [0.1, 0.15) is 0 Å². The minimum absolute atomic E-state index is 0.804. The molecule has 1 aromatic heterocycles. The summed E-state index contributed by atoms with van der Waals surface area (Å²) in [4.78, 5) is 0. The van der Waals surface area contributed by atoms with Gasteiger partial charge >= 0.3 is 0 Å². The monoisotopic (exact) mass is 419 g/mol. The molecule has 5 heteroatoms. The van der Waals surface area contributed by atoms with Crippen LogP contribution in [-0.4, -0.2) is 9.78 Å². The summed E-state index contributed by atoms with van der Waals surface area (Å²) in [6, 6.07) is 6.28. The van der Waals surface area contributed by atoms with Crippen LogP contribution in [0.2, 0.25) is 0 Å². The zero-order valence-corrected chi connectivity index (χ0v) is 14.3.